The van der Waals surface area contributed by atoms with Crippen molar-refractivity contribution in [3.05, 3.63) is 42.0 Å². The Labute approximate surface area is 125 Å². The molecule has 0 unspecified atom stereocenters. The van der Waals surface area contributed by atoms with Crippen molar-refractivity contribution >= 4 is 51.2 Å². The van der Waals surface area contributed by atoms with Crippen LogP contribution in [-0.2, 0) is 4.79 Å². The molecule has 3 rings (SSSR count). The molecule has 2 aromatic rings. The monoisotopic (exact) mass is 302 g/mol. The van der Waals surface area contributed by atoms with Gasteiger partial charge in [-0.1, -0.05) is 54.3 Å². The predicted octanol–water partition coefficient (Wildman–Crippen LogP) is 2.74. The summed E-state index contributed by atoms with van der Waals surface area (Å²) < 4.78 is 0.436. The first kappa shape index (κ1) is 13.1. The van der Waals surface area contributed by atoms with Gasteiger partial charge >= 0.3 is 0 Å². The Kier molecular flexibility index (Phi) is 3.42. The predicted molar refractivity (Wildman–Crippen MR) is 85.1 cm³/mol. The quantitative estimate of drug-likeness (QED) is 0.684. The number of fused-ring (bicyclic) bond motifs is 1. The summed E-state index contributed by atoms with van der Waals surface area (Å²) in [6.07, 6.45) is 1.48. The smallest absolute Gasteiger partial charge is 0.259 e. The van der Waals surface area contributed by atoms with Crippen molar-refractivity contribution < 1.29 is 9.90 Å². The summed E-state index contributed by atoms with van der Waals surface area (Å²) in [5.74, 6) is 0.297. The van der Waals surface area contributed by atoms with Gasteiger partial charge < -0.3 is 5.11 Å². The second-order valence-corrected chi connectivity index (χ2v) is 5.83. The summed E-state index contributed by atoms with van der Waals surface area (Å²) in [5, 5.41) is 17.2. The van der Waals surface area contributed by atoms with Crippen molar-refractivity contribution in [2.75, 3.05) is 5.75 Å². The normalized spacial score (nSPS) is 15.7. The van der Waals surface area contributed by atoms with E-state index in [4.69, 9.17) is 12.2 Å². The van der Waals surface area contributed by atoms with Crippen molar-refractivity contribution in [3.63, 3.8) is 0 Å². The van der Waals surface area contributed by atoms with Crippen LogP contribution in [0.3, 0.4) is 0 Å². The Morgan fingerprint density at radius 2 is 2.10 bits per heavy atom. The van der Waals surface area contributed by atoms with E-state index in [0.29, 0.717) is 15.6 Å². The lowest BCUT2D eigenvalue weighted by Crippen LogP contribution is -2.22. The van der Waals surface area contributed by atoms with Gasteiger partial charge in [0.2, 0.25) is 0 Å². The highest BCUT2D eigenvalue weighted by Gasteiger charge is 2.26. The van der Waals surface area contributed by atoms with Gasteiger partial charge in [-0.05, 0) is 16.8 Å². The van der Waals surface area contributed by atoms with Gasteiger partial charge in [-0.2, -0.15) is 10.1 Å². The fourth-order valence-electron chi connectivity index (χ4n) is 1.99. The average molecular weight is 302 g/mol. The number of phenols is 1. The Hall–Kier alpha value is -1.92. The first-order chi connectivity index (χ1) is 9.66. The lowest BCUT2D eigenvalue weighted by Gasteiger charge is -2.08. The summed E-state index contributed by atoms with van der Waals surface area (Å²) in [4.78, 5) is 11.6. The van der Waals surface area contributed by atoms with Crippen LogP contribution in [0.1, 0.15) is 5.56 Å². The average Bonchev–Trinajstić information content (AvgIpc) is 2.77. The van der Waals surface area contributed by atoms with Crippen LogP contribution >= 0.6 is 24.0 Å². The highest BCUT2D eigenvalue weighted by Crippen LogP contribution is 2.26. The van der Waals surface area contributed by atoms with Crippen molar-refractivity contribution in [1.82, 2.24) is 5.01 Å². The molecule has 1 heterocycles. The molecule has 1 saturated heterocycles. The molecule has 2 aromatic carbocycles. The molecular formula is C14H10N2O2S2. The molecule has 0 aromatic heterocycles. The maximum Gasteiger partial charge on any atom is 0.259 e. The first-order valence-corrected chi connectivity index (χ1v) is 7.30. The summed E-state index contributed by atoms with van der Waals surface area (Å²) in [6.45, 7) is 0. The minimum absolute atomic E-state index is 0.123. The molecule has 1 amide bonds. The molecule has 0 radical (unpaired) electrons. The fourth-order valence-corrected chi connectivity index (χ4v) is 2.96. The van der Waals surface area contributed by atoms with Crippen molar-refractivity contribution in [2.24, 2.45) is 5.10 Å². The molecule has 0 aliphatic carbocycles. The lowest BCUT2D eigenvalue weighted by molar-refractivity contribution is -0.123. The summed E-state index contributed by atoms with van der Waals surface area (Å²) in [7, 11) is 0. The zero-order valence-corrected chi connectivity index (χ0v) is 11.9. The summed E-state index contributed by atoms with van der Waals surface area (Å²) in [5.41, 5.74) is 0.579. The molecule has 0 spiro atoms. The summed E-state index contributed by atoms with van der Waals surface area (Å²) >= 11 is 6.34. The van der Waals surface area contributed by atoms with E-state index in [1.165, 1.54) is 23.0 Å². The molecule has 0 saturated carbocycles. The Balaban J connectivity index is 2.04. The van der Waals surface area contributed by atoms with Gasteiger partial charge in [0.1, 0.15) is 5.75 Å². The van der Waals surface area contributed by atoms with Gasteiger partial charge in [0, 0.05) is 5.56 Å². The Morgan fingerprint density at radius 3 is 2.85 bits per heavy atom. The van der Waals surface area contributed by atoms with Crippen LogP contribution in [0.2, 0.25) is 0 Å². The van der Waals surface area contributed by atoms with Crippen molar-refractivity contribution in [2.45, 2.75) is 0 Å². The number of aromatic hydroxyl groups is 1. The molecule has 20 heavy (non-hydrogen) atoms. The number of hydrogen-bond acceptors (Lipinski definition) is 5. The van der Waals surface area contributed by atoms with Gasteiger partial charge in [-0.25, -0.2) is 0 Å². The van der Waals surface area contributed by atoms with Gasteiger partial charge in [-0.15, -0.1) is 0 Å². The molecule has 100 valence electrons. The van der Waals surface area contributed by atoms with Crippen LogP contribution in [0.15, 0.2) is 41.5 Å². The molecule has 0 bridgehead atoms. The van der Waals surface area contributed by atoms with E-state index < -0.39 is 0 Å². The SMILES string of the molecule is O=C1CSC(=S)N1/N=C\c1c(O)ccc2ccccc12. The van der Waals surface area contributed by atoms with E-state index in [9.17, 15) is 9.90 Å². The number of rotatable bonds is 2. The van der Waals surface area contributed by atoms with E-state index in [1.807, 2.05) is 30.3 Å². The maximum absolute atomic E-state index is 11.6. The van der Waals surface area contributed by atoms with E-state index in [1.54, 1.807) is 6.07 Å². The van der Waals surface area contributed by atoms with Crippen LogP contribution < -0.4 is 0 Å². The largest absolute Gasteiger partial charge is 0.507 e. The number of amides is 1. The third-order valence-corrected chi connectivity index (χ3v) is 4.32. The first-order valence-electron chi connectivity index (χ1n) is 5.91. The van der Waals surface area contributed by atoms with Gasteiger partial charge in [0.05, 0.1) is 12.0 Å². The second kappa shape index (κ2) is 5.22. The number of carbonyl (C=O) groups excluding carboxylic acids is 1. The number of thioether (sulfide) groups is 1. The van der Waals surface area contributed by atoms with Gasteiger partial charge in [-0.3, -0.25) is 4.79 Å². The molecule has 6 heteroatoms. The number of carbonyl (C=O) groups is 1. The lowest BCUT2D eigenvalue weighted by atomic mass is 10.0. The van der Waals surface area contributed by atoms with Gasteiger partial charge in [0.25, 0.3) is 5.91 Å². The topological polar surface area (TPSA) is 52.9 Å². The fraction of sp³-hybridized carbons (Fsp3) is 0.0714. The van der Waals surface area contributed by atoms with Crippen molar-refractivity contribution in [1.29, 1.82) is 0 Å². The molecular weight excluding hydrogens is 292 g/mol. The Bertz CT molecular complexity index is 727. The zero-order valence-electron chi connectivity index (χ0n) is 10.3. The molecule has 4 nitrogen and oxygen atoms in total. The number of nitrogens with zero attached hydrogens (tertiary/aromatic N) is 2. The third-order valence-electron chi connectivity index (χ3n) is 2.98. The number of thiocarbonyl (C=S) groups is 1. The van der Waals surface area contributed by atoms with E-state index in [2.05, 4.69) is 5.10 Å². The molecule has 1 fully saturated rings. The second-order valence-electron chi connectivity index (χ2n) is 4.22. The van der Waals surface area contributed by atoms with Crippen LogP contribution in [0.5, 0.6) is 5.75 Å². The number of hydrogen-bond donors (Lipinski definition) is 1. The van der Waals surface area contributed by atoms with Crippen LogP contribution in [0.25, 0.3) is 10.8 Å². The minimum Gasteiger partial charge on any atom is -0.507 e. The highest BCUT2D eigenvalue weighted by molar-refractivity contribution is 8.23. The number of phenolic OH excluding ortho intramolecular Hbond substituents is 1. The number of hydrazone groups is 1. The van der Waals surface area contributed by atoms with E-state index in [-0.39, 0.29) is 11.7 Å². The van der Waals surface area contributed by atoms with Crippen LogP contribution in [0.4, 0.5) is 0 Å². The molecule has 1 aliphatic rings. The third kappa shape index (κ3) is 2.28. The standard InChI is InChI=1S/C14H10N2O2S2/c17-12-6-5-9-3-1-2-4-10(9)11(12)7-15-16-13(18)8-20-14(16)19/h1-7,17H,8H2/b15-7-. The molecule has 1 aliphatic heterocycles. The molecule has 1 N–H and O–H groups in total. The zero-order chi connectivity index (χ0) is 14.1. The van der Waals surface area contributed by atoms with Crippen LogP contribution in [0, 0.1) is 0 Å². The van der Waals surface area contributed by atoms with E-state index in [0.717, 1.165) is 10.8 Å². The van der Waals surface area contributed by atoms with E-state index >= 15 is 0 Å². The maximum atomic E-state index is 11.6. The van der Waals surface area contributed by atoms with Crippen LogP contribution in [-0.4, -0.2) is 32.3 Å². The highest BCUT2D eigenvalue weighted by atomic mass is 32.2. The number of benzene rings is 2. The Morgan fingerprint density at radius 1 is 1.30 bits per heavy atom. The molecule has 0 atom stereocenters. The summed E-state index contributed by atoms with van der Waals surface area (Å²) in [6, 6.07) is 11.1. The minimum atomic E-state index is -0.143. The van der Waals surface area contributed by atoms with Gasteiger partial charge in [0.15, 0.2) is 4.32 Å². The van der Waals surface area contributed by atoms with Crippen molar-refractivity contribution in [3.8, 4) is 5.75 Å².